The summed E-state index contributed by atoms with van der Waals surface area (Å²) in [6.45, 7) is -3.02. The average molecular weight is 668 g/mol. The summed E-state index contributed by atoms with van der Waals surface area (Å²) >= 11 is 13.1. The first kappa shape index (κ1) is 32.2. The fourth-order valence-corrected chi connectivity index (χ4v) is 8.20. The molecule has 1 saturated carbocycles. The molecule has 4 rings (SSSR count). The Morgan fingerprint density at radius 3 is 2.43 bits per heavy atom. The summed E-state index contributed by atoms with van der Waals surface area (Å²) in [6.07, 6.45) is -2.88. The predicted molar refractivity (Wildman–Crippen MR) is 150 cm³/mol. The molecule has 0 radical (unpaired) electrons. The van der Waals surface area contributed by atoms with Crippen molar-refractivity contribution in [2.24, 2.45) is 5.41 Å². The van der Waals surface area contributed by atoms with Crippen LogP contribution >= 0.6 is 22.2 Å². The molecule has 1 fully saturated rings. The highest BCUT2D eigenvalue weighted by Gasteiger charge is 2.62. The zero-order valence-electron chi connectivity index (χ0n) is 22.5. The first-order chi connectivity index (χ1) is 19.8. The second-order valence-corrected chi connectivity index (χ2v) is 16.8. The smallest absolute Gasteiger partial charge is 0.443 e. The van der Waals surface area contributed by atoms with Gasteiger partial charge in [0.05, 0.1) is 22.5 Å². The van der Waals surface area contributed by atoms with E-state index in [0.29, 0.717) is 4.31 Å². The van der Waals surface area contributed by atoms with Crippen LogP contribution in [0.15, 0.2) is 59.6 Å². The van der Waals surface area contributed by atoms with Gasteiger partial charge < -0.3 is 13.9 Å². The number of alkyl halides is 3. The lowest BCUT2D eigenvalue weighted by atomic mass is 10.0. The molecule has 42 heavy (non-hydrogen) atoms. The third-order valence-electron chi connectivity index (χ3n) is 6.60. The summed E-state index contributed by atoms with van der Waals surface area (Å²) in [5, 5.41) is 4.02. The van der Waals surface area contributed by atoms with Gasteiger partial charge in [-0.25, -0.2) is 22.4 Å². The van der Waals surface area contributed by atoms with Crippen molar-refractivity contribution < 1.29 is 40.3 Å². The van der Waals surface area contributed by atoms with Crippen LogP contribution in [0.3, 0.4) is 0 Å². The zero-order chi connectivity index (χ0) is 30.8. The van der Waals surface area contributed by atoms with E-state index >= 15 is 0 Å². The molecular formula is C25H27Cl2F3N4O6SSi. The van der Waals surface area contributed by atoms with Gasteiger partial charge in [-0.1, -0.05) is 18.2 Å². The van der Waals surface area contributed by atoms with E-state index < -0.39 is 41.2 Å². The van der Waals surface area contributed by atoms with Crippen LogP contribution < -0.4 is 10.1 Å². The van der Waals surface area contributed by atoms with Gasteiger partial charge in [-0.15, -0.1) is 27.3 Å². The molecule has 0 atom stereocenters. The number of hydrogen-bond donors (Lipinski definition) is 0. The number of methoxy groups -OCH3 is 1. The van der Waals surface area contributed by atoms with Crippen LogP contribution in [0.4, 0.5) is 13.2 Å². The lowest BCUT2D eigenvalue weighted by molar-refractivity contribution is -0.190. The number of ether oxygens (including phenoxy) is 2. The van der Waals surface area contributed by atoms with Gasteiger partial charge in [-0.05, 0) is 50.5 Å². The van der Waals surface area contributed by atoms with E-state index in [4.69, 9.17) is 36.1 Å². The molecule has 1 aliphatic carbocycles. The van der Waals surface area contributed by atoms with Crippen LogP contribution in [0.5, 0.6) is 5.88 Å². The number of rotatable bonds is 13. The van der Waals surface area contributed by atoms with E-state index in [0.717, 1.165) is 0 Å². The minimum absolute atomic E-state index is 0.0572. The highest BCUT2D eigenvalue weighted by molar-refractivity contribution is 7.89. The molecule has 0 spiro atoms. The summed E-state index contributed by atoms with van der Waals surface area (Å²) in [6, 6.07) is 11.4. The van der Waals surface area contributed by atoms with Gasteiger partial charge in [0.1, 0.15) is 12.0 Å². The first-order valence-electron chi connectivity index (χ1n) is 12.7. The van der Waals surface area contributed by atoms with Gasteiger partial charge in [0.2, 0.25) is 5.88 Å². The molecule has 0 saturated heterocycles. The standard InChI is InChI=1S/C25H27Cl2F3N4O6SSi/c1-3-40-42(26,27)22-19(23(35)34(17-38-2)41(36,37)18-7-5-4-6-8-18)9-10-20(31-22)33-15-11-21(32-33)39-16-14-24(12-13-24)25(28,29)30/h4-11,15H,3,12-14,16-17H2,1-2H3. The van der Waals surface area contributed by atoms with Gasteiger partial charge in [-0.3, -0.25) is 4.79 Å². The Morgan fingerprint density at radius 2 is 1.83 bits per heavy atom. The molecule has 17 heteroatoms. The van der Waals surface area contributed by atoms with Crippen molar-refractivity contribution >= 4 is 50.3 Å². The SMILES string of the molecule is CCO[Si](Cl)(Cl)c1nc(-n2ccc(OCCC3(C(F)(F)F)CC3)n2)ccc1C(=O)N(COC)S(=O)(=O)c1ccccc1. The molecule has 1 aromatic carbocycles. The Kier molecular flexibility index (Phi) is 9.59. The summed E-state index contributed by atoms with van der Waals surface area (Å²) in [4.78, 5) is 18.0. The average Bonchev–Trinajstić information content (AvgIpc) is 3.61. The molecule has 0 aliphatic heterocycles. The number of benzene rings is 1. The van der Waals surface area contributed by atoms with E-state index in [1.54, 1.807) is 13.0 Å². The highest BCUT2D eigenvalue weighted by Crippen LogP contribution is 2.59. The number of aromatic nitrogens is 3. The summed E-state index contributed by atoms with van der Waals surface area (Å²) in [5.41, 5.74) is -1.93. The van der Waals surface area contributed by atoms with E-state index in [1.807, 2.05) is 0 Å². The molecular weight excluding hydrogens is 640 g/mol. The maximum absolute atomic E-state index is 13.7. The van der Waals surface area contributed by atoms with E-state index in [9.17, 15) is 26.4 Å². The van der Waals surface area contributed by atoms with E-state index in [-0.39, 0.29) is 60.0 Å². The summed E-state index contributed by atoms with van der Waals surface area (Å²) < 4.78 is 84.1. The number of hydrogen-bond acceptors (Lipinski definition) is 8. The minimum atomic E-state index is -4.35. The summed E-state index contributed by atoms with van der Waals surface area (Å²) in [7, 11) is -3.12. The van der Waals surface area contributed by atoms with Gasteiger partial charge in [-0.2, -0.15) is 13.2 Å². The fraction of sp³-hybridized carbons (Fsp3) is 0.400. The molecule has 0 bridgehead atoms. The second kappa shape index (κ2) is 12.5. The number of halogens is 5. The second-order valence-electron chi connectivity index (χ2n) is 9.38. The van der Waals surface area contributed by atoms with E-state index in [2.05, 4.69) is 10.1 Å². The number of nitrogens with zero attached hydrogens (tertiary/aromatic N) is 4. The number of pyridine rings is 1. The maximum atomic E-state index is 13.7. The van der Waals surface area contributed by atoms with Crippen molar-refractivity contribution in [3.63, 3.8) is 0 Å². The number of carbonyl (C=O) groups excluding carboxylic acids is 1. The molecule has 2 heterocycles. The van der Waals surface area contributed by atoms with Gasteiger partial charge in [0.15, 0.2) is 5.82 Å². The van der Waals surface area contributed by atoms with E-state index in [1.165, 1.54) is 60.5 Å². The normalized spacial score (nSPS) is 14.9. The molecule has 1 aliphatic rings. The molecule has 1 amide bonds. The maximum Gasteiger partial charge on any atom is 0.443 e. The Labute approximate surface area is 250 Å². The zero-order valence-corrected chi connectivity index (χ0v) is 25.8. The van der Waals surface area contributed by atoms with Gasteiger partial charge >= 0.3 is 13.1 Å². The molecule has 0 unspecified atom stereocenters. The molecule has 0 N–H and O–H groups in total. The lowest BCUT2D eigenvalue weighted by Crippen LogP contribution is -2.49. The number of carbonyl (C=O) groups is 1. The topological polar surface area (TPSA) is 113 Å². The highest BCUT2D eigenvalue weighted by atomic mass is 35.7. The van der Waals surface area contributed by atoms with Crippen LogP contribution in [-0.4, -0.2) is 73.6 Å². The van der Waals surface area contributed by atoms with Crippen molar-refractivity contribution in [1.29, 1.82) is 0 Å². The Morgan fingerprint density at radius 1 is 1.14 bits per heavy atom. The Hall–Kier alpha value is -2.69. The third-order valence-corrected chi connectivity index (χ3v) is 11.6. The summed E-state index contributed by atoms with van der Waals surface area (Å²) in [5.74, 6) is -0.829. The van der Waals surface area contributed by atoms with Crippen LogP contribution in [0.2, 0.25) is 0 Å². The Balaban J connectivity index is 1.64. The predicted octanol–water partition coefficient (Wildman–Crippen LogP) is 4.47. The fourth-order valence-electron chi connectivity index (χ4n) is 4.12. The Bertz CT molecular complexity index is 1520. The molecule has 10 nitrogen and oxygen atoms in total. The molecule has 3 aromatic rings. The van der Waals surface area contributed by atoms with Crippen LogP contribution in [0.25, 0.3) is 5.82 Å². The van der Waals surface area contributed by atoms with Crippen molar-refractivity contribution in [3.8, 4) is 11.7 Å². The van der Waals surface area contributed by atoms with Crippen molar-refractivity contribution in [1.82, 2.24) is 19.1 Å². The largest absolute Gasteiger partial charge is 0.477 e. The van der Waals surface area contributed by atoms with Gasteiger partial charge in [0, 0.05) is 26.0 Å². The third kappa shape index (κ3) is 6.76. The lowest BCUT2D eigenvalue weighted by Gasteiger charge is -2.24. The van der Waals surface area contributed by atoms with Crippen molar-refractivity contribution in [2.75, 3.05) is 27.1 Å². The number of sulfonamides is 1. The molecule has 228 valence electrons. The molecule has 2 aromatic heterocycles. The first-order valence-corrected chi connectivity index (χ1v) is 18.0. The van der Waals surface area contributed by atoms with Crippen molar-refractivity contribution in [2.45, 2.75) is 37.3 Å². The monoisotopic (exact) mass is 666 g/mol. The van der Waals surface area contributed by atoms with Gasteiger partial charge in [0.25, 0.3) is 15.9 Å². The quantitative estimate of drug-likeness (QED) is 0.149. The minimum Gasteiger partial charge on any atom is -0.477 e. The van der Waals surface area contributed by atoms with Crippen molar-refractivity contribution in [3.05, 3.63) is 60.3 Å². The number of amides is 1. The van der Waals surface area contributed by atoms with Crippen LogP contribution in [0, 0.1) is 5.41 Å². The van der Waals surface area contributed by atoms with Crippen LogP contribution in [0.1, 0.15) is 36.5 Å². The van der Waals surface area contributed by atoms with Crippen LogP contribution in [-0.2, 0) is 19.2 Å².